The highest BCUT2D eigenvalue weighted by molar-refractivity contribution is 4.73. The third-order valence-electron chi connectivity index (χ3n) is 4.40. The van der Waals surface area contributed by atoms with Gasteiger partial charge in [0, 0.05) is 0 Å². The van der Waals surface area contributed by atoms with Crippen LogP contribution in [-0.2, 0) is 0 Å². The Morgan fingerprint density at radius 2 is 0.900 bits per heavy atom. The Morgan fingerprint density at radius 1 is 0.550 bits per heavy atom. The standard InChI is InChI=1S/C18H40N2/c1-3-5-6-7-8-9-10-11-12-13-14-15-16-17-18(19,20)4-2/h3-17,19-20H2,1-2H3. The van der Waals surface area contributed by atoms with Gasteiger partial charge in [-0.25, -0.2) is 0 Å². The van der Waals surface area contributed by atoms with E-state index in [4.69, 9.17) is 11.5 Å². The predicted octanol–water partition coefficient (Wildman–Crippen LogP) is 5.49. The molecular formula is C18H40N2. The highest BCUT2D eigenvalue weighted by atomic mass is 14.9. The predicted molar refractivity (Wildman–Crippen MR) is 91.7 cm³/mol. The normalized spacial score (nSPS) is 12.0. The summed E-state index contributed by atoms with van der Waals surface area (Å²) in [7, 11) is 0. The Hall–Kier alpha value is -0.0800. The summed E-state index contributed by atoms with van der Waals surface area (Å²) >= 11 is 0. The van der Waals surface area contributed by atoms with Crippen LogP contribution >= 0.6 is 0 Å². The minimum atomic E-state index is -0.419. The molecule has 0 atom stereocenters. The number of rotatable bonds is 15. The van der Waals surface area contributed by atoms with Crippen LogP contribution in [0.4, 0.5) is 0 Å². The van der Waals surface area contributed by atoms with E-state index in [0.29, 0.717) is 0 Å². The smallest absolute Gasteiger partial charge is 0.0633 e. The molecule has 0 aliphatic heterocycles. The number of hydrogen-bond acceptors (Lipinski definition) is 2. The van der Waals surface area contributed by atoms with Crippen molar-refractivity contribution >= 4 is 0 Å². The summed E-state index contributed by atoms with van der Waals surface area (Å²) in [5.74, 6) is 0. The van der Waals surface area contributed by atoms with Crippen LogP contribution in [0.15, 0.2) is 0 Å². The summed E-state index contributed by atoms with van der Waals surface area (Å²) in [4.78, 5) is 0. The van der Waals surface area contributed by atoms with Crippen LogP contribution in [0.2, 0.25) is 0 Å². The van der Waals surface area contributed by atoms with E-state index >= 15 is 0 Å². The average Bonchev–Trinajstić information content (AvgIpc) is 2.44. The molecule has 0 aromatic rings. The van der Waals surface area contributed by atoms with Crippen molar-refractivity contribution < 1.29 is 0 Å². The van der Waals surface area contributed by atoms with Crippen molar-refractivity contribution in [1.29, 1.82) is 0 Å². The van der Waals surface area contributed by atoms with E-state index in [-0.39, 0.29) is 0 Å². The summed E-state index contributed by atoms with van der Waals surface area (Å²) in [6.07, 6.45) is 20.0. The van der Waals surface area contributed by atoms with Crippen molar-refractivity contribution in [3.8, 4) is 0 Å². The number of nitrogens with two attached hydrogens (primary N) is 2. The molecule has 0 radical (unpaired) electrons. The molecular weight excluding hydrogens is 244 g/mol. The third-order valence-corrected chi connectivity index (χ3v) is 4.40. The van der Waals surface area contributed by atoms with E-state index in [1.807, 2.05) is 0 Å². The fourth-order valence-electron chi connectivity index (χ4n) is 2.65. The van der Waals surface area contributed by atoms with Gasteiger partial charge in [-0.15, -0.1) is 0 Å². The Bertz CT molecular complexity index is 190. The van der Waals surface area contributed by atoms with Gasteiger partial charge in [-0.3, -0.25) is 0 Å². The molecule has 2 nitrogen and oxygen atoms in total. The quantitative estimate of drug-likeness (QED) is 0.308. The second kappa shape index (κ2) is 13.9. The van der Waals surface area contributed by atoms with Crippen molar-refractivity contribution in [3.63, 3.8) is 0 Å². The molecule has 0 aromatic carbocycles. The Balaban J connectivity index is 3.06. The Kier molecular flexibility index (Phi) is 13.8. The molecule has 0 fully saturated rings. The first-order valence-electron chi connectivity index (χ1n) is 9.20. The summed E-state index contributed by atoms with van der Waals surface area (Å²) in [5.41, 5.74) is 11.4. The lowest BCUT2D eigenvalue weighted by molar-refractivity contribution is 0.374. The monoisotopic (exact) mass is 284 g/mol. The SMILES string of the molecule is CCCCCCCCCCCCCCCC(N)(N)CC. The summed E-state index contributed by atoms with van der Waals surface area (Å²) < 4.78 is 0. The Labute approximate surface area is 128 Å². The molecule has 0 unspecified atom stereocenters. The molecule has 2 heteroatoms. The first-order valence-corrected chi connectivity index (χ1v) is 9.20. The van der Waals surface area contributed by atoms with Gasteiger partial charge in [0.25, 0.3) is 0 Å². The largest absolute Gasteiger partial charge is 0.314 e. The van der Waals surface area contributed by atoms with E-state index in [1.54, 1.807) is 0 Å². The topological polar surface area (TPSA) is 52.0 Å². The fourth-order valence-corrected chi connectivity index (χ4v) is 2.65. The van der Waals surface area contributed by atoms with Crippen LogP contribution in [-0.4, -0.2) is 5.66 Å². The molecule has 0 amide bonds. The van der Waals surface area contributed by atoms with Gasteiger partial charge in [0.15, 0.2) is 0 Å². The van der Waals surface area contributed by atoms with Crippen LogP contribution in [0.25, 0.3) is 0 Å². The lowest BCUT2D eigenvalue weighted by Gasteiger charge is -2.22. The molecule has 0 spiro atoms. The maximum absolute atomic E-state index is 5.93. The van der Waals surface area contributed by atoms with Crippen LogP contribution in [0.1, 0.15) is 110 Å². The van der Waals surface area contributed by atoms with E-state index in [9.17, 15) is 0 Å². The molecule has 0 saturated carbocycles. The van der Waals surface area contributed by atoms with E-state index < -0.39 is 5.66 Å². The van der Waals surface area contributed by atoms with Crippen LogP contribution < -0.4 is 11.5 Å². The van der Waals surface area contributed by atoms with Gasteiger partial charge >= 0.3 is 0 Å². The lowest BCUT2D eigenvalue weighted by atomic mass is 9.99. The lowest BCUT2D eigenvalue weighted by Crippen LogP contribution is -2.48. The van der Waals surface area contributed by atoms with Crippen molar-refractivity contribution in [1.82, 2.24) is 0 Å². The maximum atomic E-state index is 5.93. The zero-order chi connectivity index (χ0) is 15.1. The molecule has 0 rings (SSSR count). The van der Waals surface area contributed by atoms with Gasteiger partial charge in [-0.05, 0) is 12.8 Å². The van der Waals surface area contributed by atoms with Crippen LogP contribution in [0.3, 0.4) is 0 Å². The molecule has 0 bridgehead atoms. The van der Waals surface area contributed by atoms with Gasteiger partial charge < -0.3 is 11.5 Å². The van der Waals surface area contributed by atoms with Crippen molar-refractivity contribution in [2.75, 3.05) is 0 Å². The molecule has 0 aliphatic carbocycles. The van der Waals surface area contributed by atoms with Gasteiger partial charge in [0.2, 0.25) is 0 Å². The van der Waals surface area contributed by atoms with E-state index in [2.05, 4.69) is 13.8 Å². The summed E-state index contributed by atoms with van der Waals surface area (Å²) in [6, 6.07) is 0. The van der Waals surface area contributed by atoms with Gasteiger partial charge in [-0.2, -0.15) is 0 Å². The number of hydrogen-bond donors (Lipinski definition) is 2. The molecule has 4 N–H and O–H groups in total. The molecule has 20 heavy (non-hydrogen) atoms. The highest BCUT2D eigenvalue weighted by Crippen LogP contribution is 2.14. The van der Waals surface area contributed by atoms with Crippen LogP contribution in [0, 0.1) is 0 Å². The van der Waals surface area contributed by atoms with Gasteiger partial charge in [0.1, 0.15) is 0 Å². The van der Waals surface area contributed by atoms with Crippen molar-refractivity contribution in [2.24, 2.45) is 11.5 Å². The molecule has 0 aliphatic rings. The average molecular weight is 285 g/mol. The minimum Gasteiger partial charge on any atom is -0.314 e. The number of unbranched alkanes of at least 4 members (excludes halogenated alkanes) is 12. The minimum absolute atomic E-state index is 0.419. The second-order valence-electron chi connectivity index (χ2n) is 6.58. The maximum Gasteiger partial charge on any atom is 0.0633 e. The van der Waals surface area contributed by atoms with Crippen molar-refractivity contribution in [3.05, 3.63) is 0 Å². The van der Waals surface area contributed by atoms with E-state index in [0.717, 1.165) is 12.8 Å². The zero-order valence-corrected chi connectivity index (χ0v) is 14.3. The third kappa shape index (κ3) is 14.3. The second-order valence-corrected chi connectivity index (χ2v) is 6.58. The Morgan fingerprint density at radius 3 is 1.25 bits per heavy atom. The highest BCUT2D eigenvalue weighted by Gasteiger charge is 2.14. The zero-order valence-electron chi connectivity index (χ0n) is 14.3. The summed E-state index contributed by atoms with van der Waals surface area (Å²) in [5, 5.41) is 0. The first-order chi connectivity index (χ1) is 9.62. The molecule has 122 valence electrons. The first kappa shape index (κ1) is 19.9. The molecule has 0 heterocycles. The molecule has 0 saturated heterocycles. The van der Waals surface area contributed by atoms with Crippen LogP contribution in [0.5, 0.6) is 0 Å². The molecule has 0 aromatic heterocycles. The van der Waals surface area contributed by atoms with Gasteiger partial charge in [-0.1, -0.05) is 97.3 Å². The van der Waals surface area contributed by atoms with E-state index in [1.165, 1.54) is 83.5 Å². The van der Waals surface area contributed by atoms with Crippen molar-refractivity contribution in [2.45, 2.75) is 116 Å². The summed E-state index contributed by atoms with van der Waals surface area (Å²) in [6.45, 7) is 4.35. The fraction of sp³-hybridized carbons (Fsp3) is 1.00. The van der Waals surface area contributed by atoms with Gasteiger partial charge in [0.05, 0.1) is 5.66 Å².